The molecular weight excluding hydrogens is 673 g/mol. The average molecular weight is 719 g/mol. The number of ether oxygens (including phenoxy) is 1. The van der Waals surface area contributed by atoms with Gasteiger partial charge < -0.3 is 4.74 Å². The van der Waals surface area contributed by atoms with E-state index >= 15 is 0 Å². The number of allylic oxidation sites excluding steroid dienone is 2. The minimum absolute atomic E-state index is 0.194. The van der Waals surface area contributed by atoms with Crippen LogP contribution < -0.4 is 4.74 Å². The summed E-state index contributed by atoms with van der Waals surface area (Å²) in [6, 6.07) is 47.7. The van der Waals surface area contributed by atoms with E-state index in [0.29, 0.717) is 5.92 Å². The van der Waals surface area contributed by atoms with E-state index in [4.69, 9.17) is 14.8 Å². The molecule has 0 spiro atoms. The third-order valence-corrected chi connectivity index (χ3v) is 11.3. The Hall–Kier alpha value is -6.20. The lowest BCUT2D eigenvalue weighted by atomic mass is 9.69. The van der Waals surface area contributed by atoms with Gasteiger partial charge in [0.1, 0.15) is 17.3 Å². The fourth-order valence-electron chi connectivity index (χ4n) is 8.91. The van der Waals surface area contributed by atoms with Crippen molar-refractivity contribution < 1.29 is 4.74 Å². The molecule has 0 bridgehead atoms. The number of aryl methyl sites for hydroxylation is 3. The van der Waals surface area contributed by atoms with E-state index in [-0.39, 0.29) is 5.92 Å². The van der Waals surface area contributed by atoms with Crippen molar-refractivity contribution in [3.8, 4) is 23.0 Å². The van der Waals surface area contributed by atoms with Crippen LogP contribution >= 0.6 is 0 Å². The van der Waals surface area contributed by atoms with E-state index in [1.165, 1.54) is 50.0 Å². The molecule has 5 nitrogen and oxygen atoms in total. The van der Waals surface area contributed by atoms with Gasteiger partial charge in [-0.05, 0) is 116 Å². The van der Waals surface area contributed by atoms with Gasteiger partial charge in [0.15, 0.2) is 0 Å². The van der Waals surface area contributed by atoms with E-state index in [2.05, 4.69) is 170 Å². The van der Waals surface area contributed by atoms with Gasteiger partial charge in [-0.1, -0.05) is 98.8 Å². The van der Waals surface area contributed by atoms with Gasteiger partial charge in [0.2, 0.25) is 0 Å². The summed E-state index contributed by atoms with van der Waals surface area (Å²) in [5.74, 6) is 3.00. The second-order valence-corrected chi connectivity index (χ2v) is 14.9. The molecule has 9 rings (SSSR count). The lowest BCUT2D eigenvalue weighted by Crippen LogP contribution is -2.19. The van der Waals surface area contributed by atoms with Crippen molar-refractivity contribution in [2.45, 2.75) is 65.2 Å². The number of fused-ring (bicyclic) bond motifs is 3. The molecule has 2 atom stereocenters. The molecule has 5 heteroatoms. The molecule has 8 aromatic rings. The first-order chi connectivity index (χ1) is 27.0. The van der Waals surface area contributed by atoms with Crippen molar-refractivity contribution >= 4 is 27.4 Å². The van der Waals surface area contributed by atoms with Crippen molar-refractivity contribution in [2.24, 2.45) is 0 Å². The van der Waals surface area contributed by atoms with E-state index in [0.717, 1.165) is 65.3 Å². The molecule has 0 radical (unpaired) electrons. The predicted octanol–water partition coefficient (Wildman–Crippen LogP) is 12.6. The molecule has 3 aromatic heterocycles. The van der Waals surface area contributed by atoms with Gasteiger partial charge in [-0.2, -0.15) is 5.10 Å². The highest BCUT2D eigenvalue weighted by Crippen LogP contribution is 2.51. The molecule has 5 aromatic carbocycles. The number of pyridine rings is 1. The molecule has 3 heterocycles. The normalized spacial score (nSPS) is 15.7. The minimum atomic E-state index is 0.194. The average Bonchev–Trinajstić information content (AvgIpc) is 3.76. The molecule has 0 saturated heterocycles. The van der Waals surface area contributed by atoms with Crippen molar-refractivity contribution in [1.82, 2.24) is 19.3 Å². The van der Waals surface area contributed by atoms with Crippen LogP contribution in [0.5, 0.6) is 11.5 Å². The lowest BCUT2D eigenvalue weighted by molar-refractivity contribution is 0.482. The topological polar surface area (TPSA) is 44.9 Å². The third-order valence-electron chi connectivity index (χ3n) is 11.3. The molecule has 1 aliphatic carbocycles. The minimum Gasteiger partial charge on any atom is -0.457 e. The number of benzene rings is 5. The maximum absolute atomic E-state index is 6.76. The van der Waals surface area contributed by atoms with Gasteiger partial charge in [0, 0.05) is 46.3 Å². The summed E-state index contributed by atoms with van der Waals surface area (Å²) in [5.41, 5.74) is 13.4. The van der Waals surface area contributed by atoms with Crippen molar-refractivity contribution in [3.63, 3.8) is 0 Å². The van der Waals surface area contributed by atoms with Gasteiger partial charge in [0.05, 0.1) is 22.4 Å². The summed E-state index contributed by atoms with van der Waals surface area (Å²) in [6.07, 6.45) is 8.25. The summed E-state index contributed by atoms with van der Waals surface area (Å²) in [5, 5.41) is 7.79. The standard InChI is InChI=1S/C50H46N4O/c1-5-44-50(49-40(35-16-9-7-10-17-35)21-15-22-41(49)36-18-11-8-12-19-36)45(6-2)54(52-44)37-28-34(4)29-39(31-37)55-38-24-25-43-42-20-13-14-23-46(42)53(47(43)32-38)48-30-33(3)26-27-51-48/h7-14,16-21,23-32,41,49H,5-6,15,22H2,1-4H3/t41-,49-/m1/s1. The second kappa shape index (κ2) is 14.6. The Balaban J connectivity index is 1.14. The van der Waals surface area contributed by atoms with Crippen LogP contribution in [-0.2, 0) is 12.8 Å². The molecule has 0 saturated carbocycles. The Bertz CT molecular complexity index is 2680. The van der Waals surface area contributed by atoms with E-state index in [1.807, 2.05) is 12.3 Å². The smallest absolute Gasteiger partial charge is 0.137 e. The van der Waals surface area contributed by atoms with Crippen LogP contribution in [0.3, 0.4) is 0 Å². The fraction of sp³-hybridized carbons (Fsp3) is 0.200. The van der Waals surface area contributed by atoms with Gasteiger partial charge in [-0.25, -0.2) is 9.67 Å². The summed E-state index contributed by atoms with van der Waals surface area (Å²) in [7, 11) is 0. The second-order valence-electron chi connectivity index (χ2n) is 14.9. The summed E-state index contributed by atoms with van der Waals surface area (Å²) < 4.78 is 11.2. The molecule has 0 N–H and O–H groups in total. The summed E-state index contributed by atoms with van der Waals surface area (Å²) in [6.45, 7) is 8.76. The van der Waals surface area contributed by atoms with Crippen molar-refractivity contribution in [2.75, 3.05) is 0 Å². The zero-order valence-corrected chi connectivity index (χ0v) is 32.0. The summed E-state index contributed by atoms with van der Waals surface area (Å²) in [4.78, 5) is 4.77. The van der Waals surface area contributed by atoms with Crippen LogP contribution in [0, 0.1) is 13.8 Å². The number of hydrogen-bond donors (Lipinski definition) is 0. The highest BCUT2D eigenvalue weighted by Gasteiger charge is 2.36. The van der Waals surface area contributed by atoms with E-state index in [9.17, 15) is 0 Å². The van der Waals surface area contributed by atoms with Crippen molar-refractivity contribution in [3.05, 3.63) is 185 Å². The van der Waals surface area contributed by atoms with Crippen LogP contribution in [0.2, 0.25) is 0 Å². The largest absolute Gasteiger partial charge is 0.457 e. The first-order valence-corrected chi connectivity index (χ1v) is 19.7. The molecule has 0 amide bonds. The number of para-hydroxylation sites is 1. The molecule has 55 heavy (non-hydrogen) atoms. The Labute approximate surface area is 323 Å². The molecule has 0 fully saturated rings. The maximum Gasteiger partial charge on any atom is 0.137 e. The van der Waals surface area contributed by atoms with Gasteiger partial charge in [0.25, 0.3) is 0 Å². The molecule has 272 valence electrons. The fourth-order valence-corrected chi connectivity index (χ4v) is 8.91. The van der Waals surface area contributed by atoms with Crippen LogP contribution in [0.1, 0.15) is 77.7 Å². The Kier molecular flexibility index (Phi) is 9.15. The van der Waals surface area contributed by atoms with Crippen molar-refractivity contribution in [1.29, 1.82) is 0 Å². The Morgan fingerprint density at radius 3 is 2.24 bits per heavy atom. The molecule has 1 aliphatic rings. The zero-order chi connectivity index (χ0) is 37.5. The van der Waals surface area contributed by atoms with E-state index in [1.54, 1.807) is 0 Å². The highest BCUT2D eigenvalue weighted by molar-refractivity contribution is 6.09. The van der Waals surface area contributed by atoms with Gasteiger partial charge in [-0.3, -0.25) is 4.57 Å². The SMILES string of the molecule is CCc1nn(-c2cc(C)cc(Oc3ccc4c5ccccc5n(-c5cc(C)ccn5)c4c3)c2)c(CC)c1[C@@H]1C(c2ccccc2)=CCC[C@@H]1c1ccccc1. The van der Waals surface area contributed by atoms with Crippen LogP contribution in [0.25, 0.3) is 38.9 Å². The third kappa shape index (κ3) is 6.34. The number of aromatic nitrogens is 4. The number of rotatable bonds is 9. The van der Waals surface area contributed by atoms with Crippen LogP contribution in [0.15, 0.2) is 146 Å². The first-order valence-electron chi connectivity index (χ1n) is 19.7. The van der Waals surface area contributed by atoms with Gasteiger partial charge in [-0.15, -0.1) is 0 Å². The first kappa shape index (κ1) is 34.6. The Morgan fingerprint density at radius 1 is 0.691 bits per heavy atom. The summed E-state index contributed by atoms with van der Waals surface area (Å²) >= 11 is 0. The monoisotopic (exact) mass is 718 g/mol. The molecular formula is C50H46N4O. The van der Waals surface area contributed by atoms with Crippen LogP contribution in [0.4, 0.5) is 0 Å². The maximum atomic E-state index is 6.76. The number of nitrogens with zero attached hydrogens (tertiary/aromatic N) is 4. The van der Waals surface area contributed by atoms with E-state index < -0.39 is 0 Å². The predicted molar refractivity (Wildman–Crippen MR) is 226 cm³/mol. The molecule has 0 aliphatic heterocycles. The zero-order valence-electron chi connectivity index (χ0n) is 32.0. The number of hydrogen-bond acceptors (Lipinski definition) is 3. The lowest BCUT2D eigenvalue weighted by Gasteiger charge is -2.34. The highest BCUT2D eigenvalue weighted by atomic mass is 16.5. The quantitative estimate of drug-likeness (QED) is 0.149. The Morgan fingerprint density at radius 2 is 1.45 bits per heavy atom. The van der Waals surface area contributed by atoms with Gasteiger partial charge >= 0.3 is 0 Å². The molecule has 0 unspecified atom stereocenters. The van der Waals surface area contributed by atoms with Crippen LogP contribution in [-0.4, -0.2) is 19.3 Å².